The van der Waals surface area contributed by atoms with Crippen molar-refractivity contribution in [2.75, 3.05) is 13.2 Å². The number of rotatable bonds is 7. The largest absolute Gasteiger partial charge is 0.489 e. The van der Waals surface area contributed by atoms with Crippen LogP contribution in [0.3, 0.4) is 0 Å². The Labute approximate surface area is 170 Å². The Balaban J connectivity index is 1.55. The van der Waals surface area contributed by atoms with Gasteiger partial charge in [-0.05, 0) is 24.3 Å². The molecule has 0 aliphatic carbocycles. The first kappa shape index (κ1) is 20.1. The van der Waals surface area contributed by atoms with Crippen molar-refractivity contribution < 1.29 is 14.6 Å². The van der Waals surface area contributed by atoms with E-state index in [0.717, 1.165) is 0 Å². The molecule has 0 aliphatic heterocycles. The van der Waals surface area contributed by atoms with Crippen LogP contribution in [0, 0.1) is 0 Å². The molecule has 0 fully saturated rings. The smallest absolute Gasteiger partial charge is 0.269 e. The van der Waals surface area contributed by atoms with Crippen LogP contribution in [0.4, 0.5) is 0 Å². The summed E-state index contributed by atoms with van der Waals surface area (Å²) in [6.45, 7) is -0.317. The number of nitrogens with one attached hydrogen (secondary N) is 1. The maximum Gasteiger partial charge on any atom is 0.269 e. The van der Waals surface area contributed by atoms with Gasteiger partial charge < -0.3 is 15.2 Å². The standard InChI is InChI=1S/C19H17Cl2N3O4/c20-13-4-3-7-16(19(13)21)28-11-12(25)8-23-17(26)10-24-15-6-2-1-5-14(15)22-9-18(24)27/h1-7,9,12,25H,8,10-11H2,(H,23,26). The number of aliphatic hydroxyl groups excluding tert-OH is 1. The van der Waals surface area contributed by atoms with Crippen molar-refractivity contribution in [2.24, 2.45) is 0 Å². The van der Waals surface area contributed by atoms with Crippen LogP contribution >= 0.6 is 23.2 Å². The summed E-state index contributed by atoms with van der Waals surface area (Å²) < 4.78 is 6.75. The number of amides is 1. The molecular weight excluding hydrogens is 405 g/mol. The molecule has 28 heavy (non-hydrogen) atoms. The Kier molecular flexibility index (Phi) is 6.51. The van der Waals surface area contributed by atoms with Crippen molar-refractivity contribution in [1.82, 2.24) is 14.9 Å². The molecule has 1 atom stereocenters. The van der Waals surface area contributed by atoms with Crippen LogP contribution in [-0.2, 0) is 11.3 Å². The molecule has 1 unspecified atom stereocenters. The Morgan fingerprint density at radius 1 is 1.21 bits per heavy atom. The number of nitrogens with zero attached hydrogens (tertiary/aromatic N) is 2. The number of carbonyl (C=O) groups excluding carboxylic acids is 1. The van der Waals surface area contributed by atoms with Crippen LogP contribution in [0.15, 0.2) is 53.5 Å². The van der Waals surface area contributed by atoms with Crippen LogP contribution in [0.5, 0.6) is 5.75 Å². The minimum Gasteiger partial charge on any atom is -0.489 e. The van der Waals surface area contributed by atoms with E-state index >= 15 is 0 Å². The third-order valence-electron chi connectivity index (χ3n) is 3.94. The Hall–Kier alpha value is -2.61. The first-order valence-corrected chi connectivity index (χ1v) is 9.17. The minimum absolute atomic E-state index is 0.0468. The summed E-state index contributed by atoms with van der Waals surface area (Å²) in [6, 6.07) is 12.0. The summed E-state index contributed by atoms with van der Waals surface area (Å²) >= 11 is 11.9. The molecule has 0 aliphatic rings. The fourth-order valence-corrected chi connectivity index (χ4v) is 2.90. The summed E-state index contributed by atoms with van der Waals surface area (Å²) in [5.41, 5.74) is 0.791. The number of hydrogen-bond acceptors (Lipinski definition) is 5. The molecule has 9 heteroatoms. The predicted octanol–water partition coefficient (Wildman–Crippen LogP) is 2.26. The van der Waals surface area contributed by atoms with Gasteiger partial charge in [0.25, 0.3) is 5.56 Å². The number of ether oxygens (including phenoxy) is 1. The molecule has 0 spiro atoms. The van der Waals surface area contributed by atoms with Gasteiger partial charge in [-0.15, -0.1) is 0 Å². The topological polar surface area (TPSA) is 93.5 Å². The molecule has 7 nitrogen and oxygen atoms in total. The highest BCUT2D eigenvalue weighted by molar-refractivity contribution is 6.42. The van der Waals surface area contributed by atoms with Gasteiger partial charge in [0.05, 0.1) is 22.3 Å². The van der Waals surface area contributed by atoms with E-state index in [1.165, 1.54) is 10.8 Å². The maximum atomic E-state index is 12.2. The van der Waals surface area contributed by atoms with Crippen LogP contribution in [0.1, 0.15) is 0 Å². The zero-order chi connectivity index (χ0) is 20.1. The second-order valence-electron chi connectivity index (χ2n) is 5.99. The van der Waals surface area contributed by atoms with Gasteiger partial charge in [-0.2, -0.15) is 0 Å². The van der Waals surface area contributed by atoms with Gasteiger partial charge in [-0.3, -0.25) is 14.2 Å². The first-order valence-electron chi connectivity index (χ1n) is 8.42. The number of aliphatic hydroxyl groups is 1. The van der Waals surface area contributed by atoms with Crippen molar-refractivity contribution in [3.63, 3.8) is 0 Å². The molecule has 1 heterocycles. The normalized spacial score (nSPS) is 12.0. The lowest BCUT2D eigenvalue weighted by Crippen LogP contribution is -2.38. The quantitative estimate of drug-likeness (QED) is 0.610. The van der Waals surface area contributed by atoms with E-state index in [1.54, 1.807) is 42.5 Å². The minimum atomic E-state index is -0.968. The average Bonchev–Trinajstić information content (AvgIpc) is 2.69. The van der Waals surface area contributed by atoms with Crippen LogP contribution in [0.2, 0.25) is 10.0 Å². The van der Waals surface area contributed by atoms with Crippen molar-refractivity contribution in [1.29, 1.82) is 0 Å². The molecule has 2 N–H and O–H groups in total. The third kappa shape index (κ3) is 4.81. The van der Waals surface area contributed by atoms with Gasteiger partial charge >= 0.3 is 0 Å². The van der Waals surface area contributed by atoms with Crippen molar-refractivity contribution in [3.8, 4) is 5.75 Å². The van der Waals surface area contributed by atoms with E-state index in [9.17, 15) is 14.7 Å². The number of aromatic nitrogens is 2. The number of fused-ring (bicyclic) bond motifs is 1. The predicted molar refractivity (Wildman–Crippen MR) is 107 cm³/mol. The zero-order valence-corrected chi connectivity index (χ0v) is 16.2. The number of halogens is 2. The Morgan fingerprint density at radius 2 is 2.00 bits per heavy atom. The van der Waals surface area contributed by atoms with E-state index in [0.29, 0.717) is 21.8 Å². The van der Waals surface area contributed by atoms with Crippen molar-refractivity contribution in [2.45, 2.75) is 12.6 Å². The summed E-state index contributed by atoms with van der Waals surface area (Å²) in [5, 5.41) is 13.2. The fourth-order valence-electron chi connectivity index (χ4n) is 2.55. The zero-order valence-electron chi connectivity index (χ0n) is 14.6. The summed E-state index contributed by atoms with van der Waals surface area (Å²) in [5.74, 6) is -0.0763. The van der Waals surface area contributed by atoms with E-state index in [-0.39, 0.29) is 30.3 Å². The molecule has 0 saturated carbocycles. The van der Waals surface area contributed by atoms with E-state index in [1.807, 2.05) is 0 Å². The van der Waals surface area contributed by atoms with Crippen molar-refractivity contribution in [3.05, 3.63) is 69.1 Å². The molecule has 3 rings (SSSR count). The molecule has 146 valence electrons. The highest BCUT2D eigenvalue weighted by atomic mass is 35.5. The maximum absolute atomic E-state index is 12.2. The lowest BCUT2D eigenvalue weighted by Gasteiger charge is -2.15. The molecule has 2 aromatic carbocycles. The highest BCUT2D eigenvalue weighted by Gasteiger charge is 2.12. The van der Waals surface area contributed by atoms with Gasteiger partial charge in [0.15, 0.2) is 0 Å². The average molecular weight is 422 g/mol. The van der Waals surface area contributed by atoms with E-state index in [2.05, 4.69) is 10.3 Å². The third-order valence-corrected chi connectivity index (χ3v) is 4.74. The van der Waals surface area contributed by atoms with Gasteiger partial charge in [0, 0.05) is 6.54 Å². The number of hydrogen-bond donors (Lipinski definition) is 2. The Bertz CT molecular complexity index is 1050. The SMILES string of the molecule is O=C(Cn1c(=O)cnc2ccccc21)NCC(O)COc1cccc(Cl)c1Cl. The molecule has 0 saturated heterocycles. The van der Waals surface area contributed by atoms with E-state index < -0.39 is 12.0 Å². The molecule has 0 bridgehead atoms. The summed E-state index contributed by atoms with van der Waals surface area (Å²) in [4.78, 5) is 28.3. The monoisotopic (exact) mass is 421 g/mol. The van der Waals surface area contributed by atoms with Gasteiger partial charge in [-0.25, -0.2) is 4.98 Å². The van der Waals surface area contributed by atoms with Crippen LogP contribution < -0.4 is 15.6 Å². The number of para-hydroxylation sites is 2. The van der Waals surface area contributed by atoms with Crippen LogP contribution in [-0.4, -0.2) is 39.8 Å². The van der Waals surface area contributed by atoms with Crippen molar-refractivity contribution >= 4 is 40.1 Å². The van der Waals surface area contributed by atoms with Crippen LogP contribution in [0.25, 0.3) is 11.0 Å². The van der Waals surface area contributed by atoms with Gasteiger partial charge in [0.1, 0.15) is 30.0 Å². The molecular formula is C19H17Cl2N3O4. The second-order valence-corrected chi connectivity index (χ2v) is 6.78. The first-order chi connectivity index (χ1) is 13.5. The lowest BCUT2D eigenvalue weighted by molar-refractivity contribution is -0.122. The number of carbonyl (C=O) groups is 1. The van der Waals surface area contributed by atoms with E-state index in [4.69, 9.17) is 27.9 Å². The highest BCUT2D eigenvalue weighted by Crippen LogP contribution is 2.31. The number of benzene rings is 2. The summed E-state index contributed by atoms with van der Waals surface area (Å²) in [7, 11) is 0. The Morgan fingerprint density at radius 3 is 2.82 bits per heavy atom. The van der Waals surface area contributed by atoms with Gasteiger partial charge in [0.2, 0.25) is 5.91 Å². The molecule has 1 aromatic heterocycles. The summed E-state index contributed by atoms with van der Waals surface area (Å²) in [6.07, 6.45) is 0.206. The molecule has 0 radical (unpaired) electrons. The van der Waals surface area contributed by atoms with Gasteiger partial charge in [-0.1, -0.05) is 41.4 Å². The molecule has 1 amide bonds. The lowest BCUT2D eigenvalue weighted by atomic mass is 10.3. The second kappa shape index (κ2) is 9.05. The molecule has 3 aromatic rings. The fraction of sp³-hybridized carbons (Fsp3) is 0.211.